The van der Waals surface area contributed by atoms with Crippen molar-refractivity contribution in [2.75, 3.05) is 36.1 Å². The number of cyclic esters (lactones) is 1. The lowest BCUT2D eigenvalue weighted by Gasteiger charge is -2.24. The summed E-state index contributed by atoms with van der Waals surface area (Å²) in [5, 5.41) is 4.37. The highest BCUT2D eigenvalue weighted by molar-refractivity contribution is 7.46. The fourth-order valence-corrected chi connectivity index (χ4v) is 5.38. The van der Waals surface area contributed by atoms with Crippen molar-refractivity contribution in [1.82, 2.24) is 14.7 Å². The molecule has 0 spiro atoms. The normalized spacial score (nSPS) is 16.6. The summed E-state index contributed by atoms with van der Waals surface area (Å²) in [6.07, 6.45) is -1.38. The van der Waals surface area contributed by atoms with Gasteiger partial charge >= 0.3 is 26.5 Å². The Morgan fingerprint density at radius 2 is 1.94 bits per heavy atom. The monoisotopic (exact) mass is 677 g/mol. The van der Waals surface area contributed by atoms with Crippen molar-refractivity contribution in [2.45, 2.75) is 39.2 Å². The van der Waals surface area contributed by atoms with E-state index in [0.29, 0.717) is 23.7 Å². The summed E-state index contributed by atoms with van der Waals surface area (Å²) in [6.45, 7) is -1.00. The summed E-state index contributed by atoms with van der Waals surface area (Å²) in [6, 6.07) is 13.5. The van der Waals surface area contributed by atoms with Crippen LogP contribution < -0.4 is 9.80 Å². The quantitative estimate of drug-likeness (QED) is 0.153. The van der Waals surface area contributed by atoms with E-state index in [1.165, 1.54) is 6.07 Å². The number of imide groups is 1. The van der Waals surface area contributed by atoms with Gasteiger partial charge in [-0.15, -0.1) is 0 Å². The van der Waals surface area contributed by atoms with E-state index in [1.54, 1.807) is 16.8 Å². The summed E-state index contributed by atoms with van der Waals surface area (Å²) in [5.74, 6) is -1.40. The SMILES string of the molecule is CC(=O)N(C[C@H]1CN(c2ccc(N3Cc4cn(C)nc4C3)c(F)c2)C(=O)O1)C(=O)OC(OCCOCc1ccccc1)OP(=O)(O)O. The van der Waals surface area contributed by atoms with Gasteiger partial charge in [0.15, 0.2) is 0 Å². The molecule has 3 aromatic rings. The Hall–Kier alpha value is -4.38. The first-order valence-corrected chi connectivity index (χ1v) is 15.9. The molecule has 2 aliphatic rings. The molecular formula is C29H33FN5O11P. The molecule has 252 valence electrons. The number of amides is 3. The van der Waals surface area contributed by atoms with Crippen LogP contribution in [0.4, 0.5) is 25.4 Å². The van der Waals surface area contributed by atoms with Gasteiger partial charge in [-0.2, -0.15) is 5.10 Å². The maximum atomic E-state index is 15.2. The number of phosphoric acid groups is 1. The van der Waals surface area contributed by atoms with Crippen LogP contribution in [0.15, 0.2) is 54.7 Å². The molecule has 2 aliphatic heterocycles. The van der Waals surface area contributed by atoms with Crippen molar-refractivity contribution in [1.29, 1.82) is 0 Å². The molecule has 16 nitrogen and oxygen atoms in total. The number of fused-ring (bicyclic) bond motifs is 1. The number of phosphoric ester groups is 1. The second kappa shape index (κ2) is 14.6. The van der Waals surface area contributed by atoms with Gasteiger partial charge in [0.25, 0.3) is 0 Å². The second-order valence-electron chi connectivity index (χ2n) is 10.7. The highest BCUT2D eigenvalue weighted by Crippen LogP contribution is 2.38. The average molecular weight is 678 g/mol. The fraction of sp³-hybridized carbons (Fsp3) is 0.379. The molecule has 0 saturated carbocycles. The number of aryl methyl sites for hydroxylation is 1. The van der Waals surface area contributed by atoms with E-state index in [2.05, 4.69) is 9.62 Å². The Labute approximate surface area is 268 Å². The van der Waals surface area contributed by atoms with Crippen LogP contribution in [0.3, 0.4) is 0 Å². The maximum Gasteiger partial charge on any atom is 0.474 e. The molecule has 18 heteroatoms. The molecule has 1 saturated heterocycles. The molecule has 3 amide bonds. The molecule has 1 unspecified atom stereocenters. The third kappa shape index (κ3) is 8.91. The summed E-state index contributed by atoms with van der Waals surface area (Å²) in [5.41, 5.74) is 3.26. The van der Waals surface area contributed by atoms with Gasteiger partial charge in [-0.1, -0.05) is 30.3 Å². The zero-order chi connectivity index (χ0) is 33.7. The number of hydrogen-bond donors (Lipinski definition) is 2. The van der Waals surface area contributed by atoms with Crippen LogP contribution in [0.5, 0.6) is 0 Å². The predicted molar refractivity (Wildman–Crippen MR) is 160 cm³/mol. The molecule has 2 aromatic carbocycles. The van der Waals surface area contributed by atoms with Gasteiger partial charge in [0.05, 0.1) is 56.5 Å². The van der Waals surface area contributed by atoms with Gasteiger partial charge in [-0.25, -0.2) is 28.0 Å². The van der Waals surface area contributed by atoms with Crippen LogP contribution in [0.25, 0.3) is 0 Å². The van der Waals surface area contributed by atoms with E-state index in [9.17, 15) is 28.7 Å². The van der Waals surface area contributed by atoms with Crippen LogP contribution in [-0.2, 0) is 59.6 Å². The summed E-state index contributed by atoms with van der Waals surface area (Å²) >= 11 is 0. The molecule has 5 rings (SSSR count). The van der Waals surface area contributed by atoms with E-state index in [4.69, 9.17) is 18.9 Å². The number of halogens is 1. The minimum Gasteiger partial charge on any atom is -0.442 e. The maximum absolute atomic E-state index is 15.2. The minimum absolute atomic E-state index is 0.0532. The average Bonchev–Trinajstić information content (AvgIpc) is 3.67. The third-order valence-corrected chi connectivity index (χ3v) is 7.60. The first kappa shape index (κ1) is 34.0. The van der Waals surface area contributed by atoms with E-state index in [1.807, 2.05) is 48.5 Å². The van der Waals surface area contributed by atoms with Gasteiger partial charge in [0.1, 0.15) is 11.9 Å². The highest BCUT2D eigenvalue weighted by Gasteiger charge is 2.38. The first-order chi connectivity index (χ1) is 22.4. The number of carbonyl (C=O) groups excluding carboxylic acids is 3. The predicted octanol–water partition coefficient (Wildman–Crippen LogP) is 3.02. The molecule has 3 heterocycles. The molecule has 0 bridgehead atoms. The van der Waals surface area contributed by atoms with Crippen molar-refractivity contribution >= 4 is 37.3 Å². The van der Waals surface area contributed by atoms with Gasteiger partial charge in [0, 0.05) is 32.3 Å². The van der Waals surface area contributed by atoms with Crippen molar-refractivity contribution < 1.29 is 56.6 Å². The summed E-state index contributed by atoms with van der Waals surface area (Å²) < 4.78 is 53.6. The Bertz CT molecular complexity index is 1630. The van der Waals surface area contributed by atoms with Crippen molar-refractivity contribution in [2.24, 2.45) is 7.05 Å². The second-order valence-corrected chi connectivity index (χ2v) is 11.9. The first-order valence-electron chi connectivity index (χ1n) is 14.4. The van der Waals surface area contributed by atoms with Gasteiger partial charge in [0.2, 0.25) is 5.91 Å². The molecule has 2 N–H and O–H groups in total. The van der Waals surface area contributed by atoms with Crippen molar-refractivity contribution in [3.05, 3.63) is 77.4 Å². The highest BCUT2D eigenvalue weighted by atomic mass is 31.2. The number of rotatable bonds is 13. The summed E-state index contributed by atoms with van der Waals surface area (Å²) in [4.78, 5) is 60.0. The smallest absolute Gasteiger partial charge is 0.442 e. The number of carbonyl (C=O) groups is 3. The zero-order valence-electron chi connectivity index (χ0n) is 25.4. The van der Waals surface area contributed by atoms with Gasteiger partial charge < -0.3 is 33.6 Å². The van der Waals surface area contributed by atoms with E-state index in [0.717, 1.165) is 28.6 Å². The van der Waals surface area contributed by atoms with Crippen LogP contribution in [-0.4, -0.2) is 81.4 Å². The number of aromatic nitrogens is 2. The topological polar surface area (TPSA) is 182 Å². The Morgan fingerprint density at radius 3 is 2.62 bits per heavy atom. The van der Waals surface area contributed by atoms with Crippen LogP contribution in [0.2, 0.25) is 0 Å². The Kier molecular flexibility index (Phi) is 10.5. The number of ether oxygens (including phenoxy) is 4. The number of benzene rings is 2. The minimum atomic E-state index is -5.20. The van der Waals surface area contributed by atoms with Crippen LogP contribution in [0, 0.1) is 5.82 Å². The fourth-order valence-electron chi connectivity index (χ4n) is 5.06. The molecule has 0 aliphatic carbocycles. The zero-order valence-corrected chi connectivity index (χ0v) is 26.3. The Morgan fingerprint density at radius 1 is 1.17 bits per heavy atom. The standard InChI is InChI=1S/C29H33FN5O11P/c1-19(36)34(27(37)45-29(46-47(39,40)41)43-11-10-42-18-20-6-4-3-5-7-20)15-23-16-35(28(38)44-23)22-8-9-26(24(30)12-22)33-14-21-13-32(2)31-25(21)17-33/h3-9,12-13,23,29H,10-11,14-18H2,1-2H3,(H2,39,40,41)/t23-,29?/m0/s1. The van der Waals surface area contributed by atoms with Crippen molar-refractivity contribution in [3.63, 3.8) is 0 Å². The molecule has 2 atom stereocenters. The van der Waals surface area contributed by atoms with E-state index in [-0.39, 0.29) is 32.1 Å². The molecule has 0 radical (unpaired) electrons. The van der Waals surface area contributed by atoms with Crippen LogP contribution >= 0.6 is 7.82 Å². The third-order valence-electron chi connectivity index (χ3n) is 7.15. The van der Waals surface area contributed by atoms with E-state index < -0.39 is 50.9 Å². The lowest BCUT2D eigenvalue weighted by atomic mass is 10.2. The molecular weight excluding hydrogens is 644 g/mol. The van der Waals surface area contributed by atoms with Crippen molar-refractivity contribution in [3.8, 4) is 0 Å². The summed E-state index contributed by atoms with van der Waals surface area (Å²) in [7, 11) is -3.39. The lowest BCUT2D eigenvalue weighted by molar-refractivity contribution is -0.230. The van der Waals surface area contributed by atoms with Gasteiger partial charge in [-0.3, -0.25) is 14.4 Å². The largest absolute Gasteiger partial charge is 0.474 e. The molecule has 1 fully saturated rings. The number of hydrogen-bond acceptors (Lipinski definition) is 11. The lowest BCUT2D eigenvalue weighted by Crippen LogP contribution is -2.44. The molecule has 1 aromatic heterocycles. The Balaban J connectivity index is 1.16. The number of nitrogens with zero attached hydrogens (tertiary/aromatic N) is 5. The van der Waals surface area contributed by atoms with Gasteiger partial charge in [-0.05, 0) is 23.8 Å². The van der Waals surface area contributed by atoms with Crippen LogP contribution in [0.1, 0.15) is 23.7 Å². The van der Waals surface area contributed by atoms with E-state index >= 15 is 4.39 Å². The molecule has 47 heavy (non-hydrogen) atoms. The number of anilines is 2.